The van der Waals surface area contributed by atoms with Crippen LogP contribution in [0.3, 0.4) is 0 Å². The molecule has 0 bridgehead atoms. The molecule has 0 saturated carbocycles. The van der Waals surface area contributed by atoms with Crippen molar-refractivity contribution in [1.82, 2.24) is 5.32 Å². The third-order valence-corrected chi connectivity index (χ3v) is 4.09. The van der Waals surface area contributed by atoms with E-state index in [0.29, 0.717) is 11.4 Å². The Morgan fingerprint density at radius 1 is 1.08 bits per heavy atom. The van der Waals surface area contributed by atoms with Crippen molar-refractivity contribution in [1.29, 1.82) is 0 Å². The summed E-state index contributed by atoms with van der Waals surface area (Å²) in [6, 6.07) is 14.5. The zero-order chi connectivity index (χ0) is 18.4. The quantitative estimate of drug-likeness (QED) is 0.762. The first kappa shape index (κ1) is 19.0. The number of ether oxygens (including phenoxy) is 1. The van der Waals surface area contributed by atoms with Gasteiger partial charge in [0.2, 0.25) is 5.91 Å². The van der Waals surface area contributed by atoms with Gasteiger partial charge in [0.25, 0.3) is 5.91 Å². The van der Waals surface area contributed by atoms with Crippen LogP contribution in [0.4, 0.5) is 5.69 Å². The van der Waals surface area contributed by atoms with E-state index in [9.17, 15) is 9.59 Å². The van der Waals surface area contributed by atoms with Gasteiger partial charge in [0.05, 0.1) is 6.04 Å². The molecule has 132 valence electrons. The summed E-state index contributed by atoms with van der Waals surface area (Å²) in [5.74, 6) is 0.289. The lowest BCUT2D eigenvalue weighted by atomic mass is 10.1. The van der Waals surface area contributed by atoms with Gasteiger partial charge in [-0.15, -0.1) is 0 Å². The van der Waals surface area contributed by atoms with E-state index in [1.54, 1.807) is 25.1 Å². The van der Waals surface area contributed by atoms with Crippen LogP contribution in [0.1, 0.15) is 32.4 Å². The molecule has 2 aromatic carbocycles. The zero-order valence-electron chi connectivity index (χ0n) is 14.4. The summed E-state index contributed by atoms with van der Waals surface area (Å²) < 4.78 is 6.60. The Morgan fingerprint density at radius 3 is 2.40 bits per heavy atom. The first-order valence-electron chi connectivity index (χ1n) is 7.95. The van der Waals surface area contributed by atoms with Crippen LogP contribution in [0, 0.1) is 0 Å². The predicted molar refractivity (Wildman–Crippen MR) is 102 cm³/mol. The first-order valence-corrected chi connectivity index (χ1v) is 8.74. The number of benzene rings is 2. The van der Waals surface area contributed by atoms with Crippen molar-refractivity contribution in [3.63, 3.8) is 0 Å². The first-order chi connectivity index (χ1) is 11.8. The molecule has 0 radical (unpaired) electrons. The van der Waals surface area contributed by atoms with E-state index >= 15 is 0 Å². The number of rotatable bonds is 6. The molecule has 0 aliphatic rings. The second-order valence-electron chi connectivity index (χ2n) is 5.75. The topological polar surface area (TPSA) is 67.4 Å². The van der Waals surface area contributed by atoms with Crippen molar-refractivity contribution < 1.29 is 14.3 Å². The Kier molecular flexibility index (Phi) is 6.58. The number of halogens is 1. The summed E-state index contributed by atoms with van der Waals surface area (Å²) in [5, 5.41) is 5.66. The number of amides is 2. The molecule has 2 rings (SSSR count). The molecule has 5 nitrogen and oxygen atoms in total. The van der Waals surface area contributed by atoms with Crippen molar-refractivity contribution in [2.75, 3.05) is 5.32 Å². The standard InChI is InChI=1S/C19H21BrN2O3/c1-12(15-5-4-6-17(11-15)22-14(3)23)21-19(24)13(2)25-18-9-7-16(20)8-10-18/h4-13H,1-3H3,(H,21,24)(H,22,23). The molecule has 6 heteroatoms. The molecule has 0 aliphatic heterocycles. The van der Waals surface area contributed by atoms with Gasteiger partial charge < -0.3 is 15.4 Å². The highest BCUT2D eigenvalue weighted by Crippen LogP contribution is 2.19. The summed E-state index contributed by atoms with van der Waals surface area (Å²) in [6.07, 6.45) is -0.623. The number of hydrogen-bond acceptors (Lipinski definition) is 3. The second-order valence-corrected chi connectivity index (χ2v) is 6.67. The Morgan fingerprint density at radius 2 is 1.76 bits per heavy atom. The highest BCUT2D eigenvalue weighted by Gasteiger charge is 2.18. The third-order valence-electron chi connectivity index (χ3n) is 3.56. The molecular weight excluding hydrogens is 384 g/mol. The van der Waals surface area contributed by atoms with E-state index in [1.807, 2.05) is 37.3 Å². The highest BCUT2D eigenvalue weighted by atomic mass is 79.9. The number of carbonyl (C=O) groups is 2. The molecule has 25 heavy (non-hydrogen) atoms. The fourth-order valence-electron chi connectivity index (χ4n) is 2.27. The SMILES string of the molecule is CC(=O)Nc1cccc(C(C)NC(=O)C(C)Oc2ccc(Br)cc2)c1. The van der Waals surface area contributed by atoms with Crippen LogP contribution >= 0.6 is 15.9 Å². The maximum absolute atomic E-state index is 12.3. The fraction of sp³-hybridized carbons (Fsp3) is 0.263. The van der Waals surface area contributed by atoms with Gasteiger partial charge in [0.1, 0.15) is 5.75 Å². The summed E-state index contributed by atoms with van der Waals surface area (Å²) in [7, 11) is 0. The van der Waals surface area contributed by atoms with E-state index in [0.717, 1.165) is 10.0 Å². The van der Waals surface area contributed by atoms with Gasteiger partial charge in [-0.1, -0.05) is 28.1 Å². The van der Waals surface area contributed by atoms with E-state index in [1.165, 1.54) is 6.92 Å². The molecule has 2 aromatic rings. The molecule has 0 aromatic heterocycles. The molecule has 0 fully saturated rings. The number of carbonyl (C=O) groups excluding carboxylic acids is 2. The normalized spacial score (nSPS) is 12.8. The zero-order valence-corrected chi connectivity index (χ0v) is 16.0. The predicted octanol–water partition coefficient (Wildman–Crippen LogP) is 4.05. The fourth-order valence-corrected chi connectivity index (χ4v) is 2.54. The van der Waals surface area contributed by atoms with Crippen molar-refractivity contribution in [3.05, 3.63) is 58.6 Å². The minimum absolute atomic E-state index is 0.134. The van der Waals surface area contributed by atoms with Gasteiger partial charge in [0.15, 0.2) is 6.10 Å². The van der Waals surface area contributed by atoms with Crippen molar-refractivity contribution >= 4 is 33.4 Å². The van der Waals surface area contributed by atoms with Crippen LogP contribution in [0.2, 0.25) is 0 Å². The van der Waals surface area contributed by atoms with Gasteiger partial charge >= 0.3 is 0 Å². The molecule has 0 spiro atoms. The summed E-state index contributed by atoms with van der Waals surface area (Å²) in [6.45, 7) is 5.05. The minimum atomic E-state index is -0.623. The smallest absolute Gasteiger partial charge is 0.261 e. The van der Waals surface area contributed by atoms with Gasteiger partial charge in [-0.25, -0.2) is 0 Å². The maximum atomic E-state index is 12.3. The number of anilines is 1. The van der Waals surface area contributed by atoms with Crippen molar-refractivity contribution in [3.8, 4) is 5.75 Å². The van der Waals surface area contributed by atoms with E-state index in [2.05, 4.69) is 26.6 Å². The highest BCUT2D eigenvalue weighted by molar-refractivity contribution is 9.10. The average molecular weight is 405 g/mol. The molecule has 0 aliphatic carbocycles. The second kappa shape index (κ2) is 8.67. The molecule has 2 unspecified atom stereocenters. The van der Waals surface area contributed by atoms with Crippen LogP contribution in [0.25, 0.3) is 0 Å². The lowest BCUT2D eigenvalue weighted by molar-refractivity contribution is -0.128. The number of hydrogen-bond donors (Lipinski definition) is 2. The maximum Gasteiger partial charge on any atom is 0.261 e. The van der Waals surface area contributed by atoms with Crippen LogP contribution in [0.15, 0.2) is 53.0 Å². The van der Waals surface area contributed by atoms with Gasteiger partial charge in [-0.05, 0) is 55.8 Å². The largest absolute Gasteiger partial charge is 0.481 e. The van der Waals surface area contributed by atoms with Crippen LogP contribution in [0.5, 0.6) is 5.75 Å². The van der Waals surface area contributed by atoms with Gasteiger partial charge in [-0.2, -0.15) is 0 Å². The third kappa shape index (κ3) is 5.90. The monoisotopic (exact) mass is 404 g/mol. The Balaban J connectivity index is 1.96. The van der Waals surface area contributed by atoms with Crippen molar-refractivity contribution in [2.45, 2.75) is 32.9 Å². The Hall–Kier alpha value is -2.34. The minimum Gasteiger partial charge on any atom is -0.481 e. The average Bonchev–Trinajstić information content (AvgIpc) is 2.56. The summed E-state index contributed by atoms with van der Waals surface area (Å²) >= 11 is 3.36. The lowest BCUT2D eigenvalue weighted by Crippen LogP contribution is -2.37. The molecule has 2 amide bonds. The summed E-state index contributed by atoms with van der Waals surface area (Å²) in [5.41, 5.74) is 1.60. The van der Waals surface area contributed by atoms with E-state index < -0.39 is 6.10 Å². The summed E-state index contributed by atoms with van der Waals surface area (Å²) in [4.78, 5) is 23.5. The molecule has 2 atom stereocenters. The Labute approximate surface area is 155 Å². The van der Waals surface area contributed by atoms with Crippen LogP contribution in [-0.2, 0) is 9.59 Å². The van der Waals surface area contributed by atoms with Crippen LogP contribution < -0.4 is 15.4 Å². The van der Waals surface area contributed by atoms with E-state index in [-0.39, 0.29) is 17.9 Å². The lowest BCUT2D eigenvalue weighted by Gasteiger charge is -2.19. The molecule has 2 N–H and O–H groups in total. The van der Waals surface area contributed by atoms with Crippen molar-refractivity contribution in [2.24, 2.45) is 0 Å². The Bertz CT molecular complexity index is 747. The van der Waals surface area contributed by atoms with E-state index in [4.69, 9.17) is 4.74 Å². The number of nitrogens with one attached hydrogen (secondary N) is 2. The van der Waals surface area contributed by atoms with Gasteiger partial charge in [0, 0.05) is 17.1 Å². The molecular formula is C19H21BrN2O3. The van der Waals surface area contributed by atoms with Gasteiger partial charge in [-0.3, -0.25) is 9.59 Å². The van der Waals surface area contributed by atoms with Crippen LogP contribution in [-0.4, -0.2) is 17.9 Å². The molecule has 0 heterocycles. The molecule has 0 saturated heterocycles.